The molecule has 0 bridgehead atoms. The number of aryl methyl sites for hydroxylation is 1. The number of anilines is 4. The van der Waals surface area contributed by atoms with E-state index >= 15 is 0 Å². The molecule has 0 aromatic carbocycles. The van der Waals surface area contributed by atoms with Gasteiger partial charge in [-0.1, -0.05) is 0 Å². The molecule has 2 aliphatic rings. The van der Waals surface area contributed by atoms with E-state index in [1.54, 1.807) is 31.7 Å². The van der Waals surface area contributed by atoms with Crippen LogP contribution in [0.5, 0.6) is 0 Å². The van der Waals surface area contributed by atoms with Gasteiger partial charge in [0, 0.05) is 49.7 Å². The summed E-state index contributed by atoms with van der Waals surface area (Å²) in [5.41, 5.74) is 7.91. The van der Waals surface area contributed by atoms with Crippen LogP contribution in [0.15, 0.2) is 24.7 Å². The molecule has 0 spiro atoms. The third-order valence-corrected chi connectivity index (χ3v) is 5.26. The Morgan fingerprint density at radius 1 is 1.19 bits per heavy atom. The Morgan fingerprint density at radius 2 is 1.97 bits per heavy atom. The highest BCUT2D eigenvalue weighted by molar-refractivity contribution is 5.84. The summed E-state index contributed by atoms with van der Waals surface area (Å²) < 4.78 is 6.99. The maximum atomic E-state index is 12.5. The van der Waals surface area contributed by atoms with Crippen molar-refractivity contribution in [2.75, 3.05) is 53.9 Å². The Kier molecular flexibility index (Phi) is 5.15. The van der Waals surface area contributed by atoms with E-state index in [1.165, 1.54) is 9.75 Å². The molecule has 0 saturated carbocycles. The second-order valence-electron chi connectivity index (χ2n) is 7.30. The second kappa shape index (κ2) is 8.26. The van der Waals surface area contributed by atoms with E-state index in [9.17, 15) is 4.79 Å². The Labute approximate surface area is 183 Å². The normalized spacial score (nSPS) is 15.5. The molecule has 166 valence electrons. The smallest absolute Gasteiger partial charge is 0.378 e. The van der Waals surface area contributed by atoms with Crippen LogP contribution in [0.25, 0.3) is 11.3 Å². The zero-order valence-corrected chi connectivity index (χ0v) is 17.4. The van der Waals surface area contributed by atoms with Crippen LogP contribution < -0.4 is 21.0 Å². The van der Waals surface area contributed by atoms with Gasteiger partial charge in [-0.2, -0.15) is 15.1 Å². The fourth-order valence-corrected chi connectivity index (χ4v) is 3.63. The van der Waals surface area contributed by atoms with E-state index in [0.717, 1.165) is 5.56 Å². The molecular weight excluding hydrogens is 416 g/mol. The molecular formula is C19H22N10O3. The first-order chi connectivity index (χ1) is 15.6. The molecule has 0 unspecified atom stereocenters. The number of nitrogen functional groups attached to an aromatic ring is 1. The van der Waals surface area contributed by atoms with Crippen molar-refractivity contribution >= 4 is 29.6 Å². The minimum absolute atomic E-state index is 0.185. The number of hydrogen-bond donors (Lipinski definition) is 2. The summed E-state index contributed by atoms with van der Waals surface area (Å²) in [7, 11) is 1.73. The Balaban J connectivity index is 1.47. The van der Waals surface area contributed by atoms with Crippen LogP contribution in [-0.4, -0.2) is 68.7 Å². The zero-order chi connectivity index (χ0) is 22.1. The lowest BCUT2D eigenvalue weighted by Crippen LogP contribution is -2.37. The topological polar surface area (TPSA) is 149 Å². The van der Waals surface area contributed by atoms with Gasteiger partial charge in [-0.15, -0.1) is 0 Å². The fraction of sp³-hybridized carbons (Fsp3) is 0.368. The van der Waals surface area contributed by atoms with Gasteiger partial charge < -0.3 is 20.2 Å². The lowest BCUT2D eigenvalue weighted by Gasteiger charge is -2.28. The quantitative estimate of drug-likeness (QED) is 0.590. The first kappa shape index (κ1) is 19.9. The van der Waals surface area contributed by atoms with Gasteiger partial charge in [0.1, 0.15) is 5.82 Å². The summed E-state index contributed by atoms with van der Waals surface area (Å²) in [4.78, 5) is 37.8. The standard InChI is InChI=1S/C19H22N10O3/c1-27-14(2-4-23-27)24-19(30)32-29-5-3-13-15(12-10-21-17(20)22-11-12)25-18(26-16(13)29)28-6-8-31-9-7-28/h2,4,10-11H,3,5-9H2,1H3,(H,24,30)(H2,20,21,22). The summed E-state index contributed by atoms with van der Waals surface area (Å²) in [5, 5.41) is 8.18. The van der Waals surface area contributed by atoms with E-state index in [2.05, 4.69) is 20.4 Å². The van der Waals surface area contributed by atoms with Crippen molar-refractivity contribution in [3.05, 3.63) is 30.2 Å². The van der Waals surface area contributed by atoms with Crippen molar-refractivity contribution in [2.24, 2.45) is 7.05 Å². The van der Waals surface area contributed by atoms with Crippen molar-refractivity contribution in [1.29, 1.82) is 0 Å². The summed E-state index contributed by atoms with van der Waals surface area (Å²) in [6.45, 7) is 2.96. The van der Waals surface area contributed by atoms with E-state index in [1.807, 2.05) is 4.90 Å². The van der Waals surface area contributed by atoms with Crippen molar-refractivity contribution < 1.29 is 14.4 Å². The summed E-state index contributed by atoms with van der Waals surface area (Å²) in [5.74, 6) is 1.77. The highest BCUT2D eigenvalue weighted by Gasteiger charge is 2.31. The first-order valence-corrected chi connectivity index (χ1v) is 10.1. The number of nitrogens with one attached hydrogen (secondary N) is 1. The van der Waals surface area contributed by atoms with Gasteiger partial charge in [-0.3, -0.25) is 10.00 Å². The number of nitrogens with two attached hydrogens (primary N) is 1. The number of amides is 1. The molecule has 32 heavy (non-hydrogen) atoms. The first-order valence-electron chi connectivity index (χ1n) is 10.1. The number of nitrogens with zero attached hydrogens (tertiary/aromatic N) is 8. The van der Waals surface area contributed by atoms with Crippen LogP contribution in [0.3, 0.4) is 0 Å². The fourth-order valence-electron chi connectivity index (χ4n) is 3.63. The molecule has 3 aromatic rings. The minimum atomic E-state index is -0.634. The number of rotatable bonds is 4. The maximum absolute atomic E-state index is 12.5. The number of carbonyl (C=O) groups excluding carboxylic acids is 1. The van der Waals surface area contributed by atoms with E-state index in [0.29, 0.717) is 68.1 Å². The molecule has 13 heteroatoms. The molecule has 5 heterocycles. The third kappa shape index (κ3) is 3.85. The van der Waals surface area contributed by atoms with E-state index in [4.69, 9.17) is 25.3 Å². The molecule has 0 radical (unpaired) electrons. The second-order valence-corrected chi connectivity index (χ2v) is 7.30. The summed E-state index contributed by atoms with van der Waals surface area (Å²) >= 11 is 0. The molecule has 1 amide bonds. The van der Waals surface area contributed by atoms with Gasteiger partial charge in [-0.05, 0) is 6.42 Å². The van der Waals surface area contributed by atoms with Gasteiger partial charge in [0.25, 0.3) is 0 Å². The minimum Gasteiger partial charge on any atom is -0.378 e. The molecule has 3 aromatic heterocycles. The lowest BCUT2D eigenvalue weighted by molar-refractivity contribution is 0.122. The molecule has 0 aliphatic carbocycles. The molecule has 5 rings (SSSR count). The van der Waals surface area contributed by atoms with Crippen LogP contribution in [-0.2, 0) is 23.0 Å². The van der Waals surface area contributed by atoms with Crippen LogP contribution in [0.1, 0.15) is 5.56 Å². The largest absolute Gasteiger partial charge is 0.437 e. The average Bonchev–Trinajstić information content (AvgIpc) is 3.40. The van der Waals surface area contributed by atoms with Crippen molar-refractivity contribution in [3.63, 3.8) is 0 Å². The Hall–Kier alpha value is -4.00. The SMILES string of the molecule is Cn1nccc1NC(=O)ON1CCc2c(-c3cnc(N)nc3)nc(N3CCOCC3)nc21. The molecule has 13 nitrogen and oxygen atoms in total. The van der Waals surface area contributed by atoms with Crippen LogP contribution in [0.4, 0.5) is 28.3 Å². The zero-order valence-electron chi connectivity index (χ0n) is 17.4. The number of fused-ring (bicyclic) bond motifs is 1. The predicted octanol–water partition coefficient (Wildman–Crippen LogP) is 0.612. The average molecular weight is 438 g/mol. The van der Waals surface area contributed by atoms with E-state index in [-0.39, 0.29) is 5.95 Å². The Morgan fingerprint density at radius 3 is 2.69 bits per heavy atom. The monoisotopic (exact) mass is 438 g/mol. The van der Waals surface area contributed by atoms with Crippen molar-refractivity contribution in [2.45, 2.75) is 6.42 Å². The number of aromatic nitrogens is 6. The number of morpholine rings is 1. The number of ether oxygens (including phenoxy) is 1. The summed E-state index contributed by atoms with van der Waals surface area (Å²) in [6, 6.07) is 1.68. The Bertz CT molecular complexity index is 1130. The summed E-state index contributed by atoms with van der Waals surface area (Å²) in [6.07, 6.45) is 4.81. The molecule has 2 aliphatic heterocycles. The molecule has 1 saturated heterocycles. The van der Waals surface area contributed by atoms with Gasteiger partial charge in [0.05, 0.1) is 31.6 Å². The predicted molar refractivity (Wildman–Crippen MR) is 115 cm³/mol. The molecule has 3 N–H and O–H groups in total. The third-order valence-electron chi connectivity index (χ3n) is 5.26. The van der Waals surface area contributed by atoms with Gasteiger partial charge in [-0.25, -0.2) is 19.7 Å². The van der Waals surface area contributed by atoms with Crippen molar-refractivity contribution in [1.82, 2.24) is 29.7 Å². The van der Waals surface area contributed by atoms with Crippen LogP contribution in [0.2, 0.25) is 0 Å². The number of carbonyl (C=O) groups is 1. The molecule has 0 atom stereocenters. The highest BCUT2D eigenvalue weighted by atomic mass is 16.7. The lowest BCUT2D eigenvalue weighted by atomic mass is 10.1. The van der Waals surface area contributed by atoms with Crippen molar-refractivity contribution in [3.8, 4) is 11.3 Å². The maximum Gasteiger partial charge on any atom is 0.437 e. The number of hydrogen-bond acceptors (Lipinski definition) is 11. The molecule has 1 fully saturated rings. The van der Waals surface area contributed by atoms with Crippen LogP contribution >= 0.6 is 0 Å². The number of hydroxylamine groups is 1. The highest BCUT2D eigenvalue weighted by Crippen LogP contribution is 2.35. The van der Waals surface area contributed by atoms with Crippen LogP contribution in [0, 0.1) is 0 Å². The van der Waals surface area contributed by atoms with Gasteiger partial charge in [0.2, 0.25) is 11.9 Å². The van der Waals surface area contributed by atoms with Gasteiger partial charge in [0.15, 0.2) is 5.82 Å². The van der Waals surface area contributed by atoms with Gasteiger partial charge >= 0.3 is 6.09 Å². The van der Waals surface area contributed by atoms with E-state index < -0.39 is 6.09 Å².